The van der Waals surface area contributed by atoms with E-state index in [1.807, 2.05) is 37.3 Å². The summed E-state index contributed by atoms with van der Waals surface area (Å²) < 4.78 is 10.7. The standard InChI is InChI=1S/C28H25ClN2O5S/c1-16(2)36-28(34)18-10-12-19(13-11-18)31-26(32)24(25(27(31)33)37-20-8-6-5-7-9-20)30-22-14-17(3)21(29)15-23(22)35-4/h5-16,30H,1-4H3. The van der Waals surface area contributed by atoms with Gasteiger partial charge in [-0.25, -0.2) is 9.69 Å². The third-order valence-electron chi connectivity index (χ3n) is 5.45. The smallest absolute Gasteiger partial charge is 0.338 e. The fourth-order valence-electron chi connectivity index (χ4n) is 3.65. The molecule has 7 nitrogen and oxygen atoms in total. The molecule has 0 saturated carbocycles. The molecule has 3 aromatic carbocycles. The number of hydrogen-bond acceptors (Lipinski definition) is 7. The SMILES string of the molecule is COc1cc(Cl)c(C)cc1NC1=C(Sc2ccccc2)C(=O)N(c2ccc(C(=O)OC(C)C)cc2)C1=O. The number of carbonyl (C=O) groups is 3. The van der Waals surface area contributed by atoms with Crippen molar-refractivity contribution in [1.29, 1.82) is 0 Å². The lowest BCUT2D eigenvalue weighted by Crippen LogP contribution is -2.32. The van der Waals surface area contributed by atoms with Crippen molar-refractivity contribution in [2.24, 2.45) is 0 Å². The summed E-state index contributed by atoms with van der Waals surface area (Å²) >= 11 is 7.44. The lowest BCUT2D eigenvalue weighted by Gasteiger charge is -2.17. The molecule has 190 valence electrons. The molecule has 0 aromatic heterocycles. The number of esters is 1. The van der Waals surface area contributed by atoms with Crippen molar-refractivity contribution in [3.05, 3.63) is 93.5 Å². The van der Waals surface area contributed by atoms with Gasteiger partial charge in [-0.3, -0.25) is 9.59 Å². The highest BCUT2D eigenvalue weighted by atomic mass is 35.5. The molecule has 3 aromatic rings. The highest BCUT2D eigenvalue weighted by molar-refractivity contribution is 8.04. The minimum atomic E-state index is -0.532. The normalized spacial score (nSPS) is 13.4. The number of amides is 2. The van der Waals surface area contributed by atoms with Gasteiger partial charge in [-0.15, -0.1) is 0 Å². The van der Waals surface area contributed by atoms with Crippen LogP contribution in [0.15, 0.2) is 82.2 Å². The van der Waals surface area contributed by atoms with Gasteiger partial charge < -0.3 is 14.8 Å². The molecule has 0 bridgehead atoms. The van der Waals surface area contributed by atoms with Crippen molar-refractivity contribution in [2.45, 2.75) is 31.8 Å². The molecule has 0 saturated heterocycles. The van der Waals surface area contributed by atoms with Gasteiger partial charge in [0.25, 0.3) is 11.8 Å². The maximum Gasteiger partial charge on any atom is 0.338 e. The second kappa shape index (κ2) is 11.1. The molecule has 1 heterocycles. The van der Waals surface area contributed by atoms with E-state index in [4.69, 9.17) is 21.1 Å². The Hall–Kier alpha value is -3.75. The lowest BCUT2D eigenvalue weighted by atomic mass is 10.2. The average Bonchev–Trinajstić information content (AvgIpc) is 3.10. The van der Waals surface area contributed by atoms with Crippen molar-refractivity contribution >= 4 is 52.5 Å². The maximum atomic E-state index is 13.7. The number of thioether (sulfide) groups is 1. The minimum absolute atomic E-state index is 0.113. The quantitative estimate of drug-likeness (QED) is 0.270. The highest BCUT2D eigenvalue weighted by Gasteiger charge is 2.40. The van der Waals surface area contributed by atoms with Gasteiger partial charge in [-0.1, -0.05) is 41.6 Å². The van der Waals surface area contributed by atoms with Gasteiger partial charge in [-0.05, 0) is 68.8 Å². The summed E-state index contributed by atoms with van der Waals surface area (Å²) in [5, 5.41) is 3.63. The van der Waals surface area contributed by atoms with E-state index in [9.17, 15) is 14.4 Å². The number of anilines is 2. The third-order valence-corrected chi connectivity index (χ3v) is 6.95. The number of rotatable bonds is 8. The number of hydrogen-bond donors (Lipinski definition) is 1. The van der Waals surface area contributed by atoms with Crippen molar-refractivity contribution in [2.75, 3.05) is 17.3 Å². The highest BCUT2D eigenvalue weighted by Crippen LogP contribution is 2.40. The van der Waals surface area contributed by atoms with Crippen LogP contribution in [0.5, 0.6) is 5.75 Å². The first kappa shape index (κ1) is 26.3. The number of nitrogens with zero attached hydrogens (tertiary/aromatic N) is 1. The summed E-state index contributed by atoms with van der Waals surface area (Å²) in [5.41, 5.74) is 2.05. The van der Waals surface area contributed by atoms with Crippen molar-refractivity contribution in [3.8, 4) is 5.75 Å². The Bertz CT molecular complexity index is 1390. The largest absolute Gasteiger partial charge is 0.495 e. The van der Waals surface area contributed by atoms with Crippen molar-refractivity contribution in [1.82, 2.24) is 0 Å². The van der Waals surface area contributed by atoms with Crippen molar-refractivity contribution < 1.29 is 23.9 Å². The zero-order valence-electron chi connectivity index (χ0n) is 20.7. The summed E-state index contributed by atoms with van der Waals surface area (Å²) in [7, 11) is 1.50. The monoisotopic (exact) mass is 536 g/mol. The molecule has 0 aliphatic carbocycles. The molecule has 1 aliphatic heterocycles. The van der Waals surface area contributed by atoms with Crippen LogP contribution in [0.4, 0.5) is 11.4 Å². The molecule has 0 unspecified atom stereocenters. The van der Waals surface area contributed by atoms with Crippen LogP contribution in [0.3, 0.4) is 0 Å². The number of carbonyl (C=O) groups excluding carboxylic acids is 3. The summed E-state index contributed by atoms with van der Waals surface area (Å²) in [6.45, 7) is 5.36. The van der Waals surface area contributed by atoms with Crippen LogP contribution in [0, 0.1) is 6.92 Å². The predicted octanol–water partition coefficient (Wildman–Crippen LogP) is 6.21. The Morgan fingerprint density at radius 2 is 1.68 bits per heavy atom. The Kier molecular flexibility index (Phi) is 7.90. The number of ether oxygens (including phenoxy) is 2. The molecule has 0 spiro atoms. The van der Waals surface area contributed by atoms with E-state index < -0.39 is 17.8 Å². The topological polar surface area (TPSA) is 84.9 Å². The Balaban J connectivity index is 1.72. The number of methoxy groups -OCH3 is 1. The van der Waals surface area contributed by atoms with Gasteiger partial charge in [0.1, 0.15) is 16.4 Å². The maximum absolute atomic E-state index is 13.7. The number of imide groups is 1. The number of benzene rings is 3. The molecule has 0 fully saturated rings. The third kappa shape index (κ3) is 5.65. The van der Waals surface area contributed by atoms with E-state index in [-0.39, 0.29) is 16.7 Å². The average molecular weight is 537 g/mol. The van der Waals surface area contributed by atoms with Gasteiger partial charge in [0.2, 0.25) is 0 Å². The van der Waals surface area contributed by atoms with Crippen LogP contribution < -0.4 is 15.0 Å². The van der Waals surface area contributed by atoms with Gasteiger partial charge in [-0.2, -0.15) is 0 Å². The van der Waals surface area contributed by atoms with Crippen LogP contribution in [0.2, 0.25) is 5.02 Å². The Morgan fingerprint density at radius 3 is 2.30 bits per heavy atom. The van der Waals surface area contributed by atoms with Crippen molar-refractivity contribution in [3.63, 3.8) is 0 Å². The summed E-state index contributed by atoms with van der Waals surface area (Å²) in [6.07, 6.45) is -0.266. The van der Waals surface area contributed by atoms with E-state index in [0.29, 0.717) is 27.7 Å². The summed E-state index contributed by atoms with van der Waals surface area (Å²) in [4.78, 5) is 41.6. The van der Waals surface area contributed by atoms with Gasteiger partial charge in [0.15, 0.2) is 0 Å². The predicted molar refractivity (Wildman–Crippen MR) is 145 cm³/mol. The van der Waals surface area contributed by atoms with Crippen LogP contribution in [-0.2, 0) is 14.3 Å². The zero-order chi connectivity index (χ0) is 26.7. The van der Waals surface area contributed by atoms with E-state index in [1.54, 1.807) is 38.1 Å². The van der Waals surface area contributed by atoms with Crippen LogP contribution in [0.1, 0.15) is 29.8 Å². The van der Waals surface area contributed by atoms with Crippen LogP contribution in [0.25, 0.3) is 0 Å². The molecule has 1 aliphatic rings. The van der Waals surface area contributed by atoms with E-state index in [0.717, 1.165) is 15.4 Å². The Labute approximate surface area is 224 Å². The molecule has 2 amide bonds. The number of nitrogens with one attached hydrogen (secondary N) is 1. The molecular weight excluding hydrogens is 512 g/mol. The van der Waals surface area contributed by atoms with Gasteiger partial charge in [0.05, 0.1) is 30.2 Å². The molecule has 1 N–H and O–H groups in total. The lowest BCUT2D eigenvalue weighted by molar-refractivity contribution is -0.120. The van der Waals surface area contributed by atoms with Gasteiger partial charge >= 0.3 is 5.97 Å². The Morgan fingerprint density at radius 1 is 1.00 bits per heavy atom. The minimum Gasteiger partial charge on any atom is -0.495 e. The van der Waals surface area contributed by atoms with Crippen LogP contribution >= 0.6 is 23.4 Å². The van der Waals surface area contributed by atoms with Crippen LogP contribution in [-0.4, -0.2) is 31.0 Å². The molecule has 37 heavy (non-hydrogen) atoms. The second-order valence-corrected chi connectivity index (χ2v) is 9.98. The second-order valence-electron chi connectivity index (χ2n) is 8.49. The van der Waals surface area contributed by atoms with Gasteiger partial charge in [0, 0.05) is 16.0 Å². The first-order valence-electron chi connectivity index (χ1n) is 11.5. The number of aryl methyl sites for hydroxylation is 1. The fourth-order valence-corrected chi connectivity index (χ4v) is 4.75. The molecule has 9 heteroatoms. The fraction of sp³-hybridized carbons (Fsp3) is 0.179. The molecule has 4 rings (SSSR count). The molecular formula is C28H25ClN2O5S. The first-order valence-corrected chi connectivity index (χ1v) is 12.7. The van der Waals surface area contributed by atoms with E-state index in [1.165, 1.54) is 31.0 Å². The number of halogens is 1. The molecule has 0 atom stereocenters. The summed E-state index contributed by atoms with van der Waals surface area (Å²) in [5.74, 6) is -1.07. The zero-order valence-corrected chi connectivity index (χ0v) is 22.3. The van der Waals surface area contributed by atoms with E-state index >= 15 is 0 Å². The first-order chi connectivity index (χ1) is 17.7. The molecule has 0 radical (unpaired) electrons. The summed E-state index contributed by atoms with van der Waals surface area (Å²) in [6, 6.07) is 18.9. The van der Waals surface area contributed by atoms with E-state index in [2.05, 4.69) is 5.32 Å².